The van der Waals surface area contributed by atoms with Gasteiger partial charge < -0.3 is 59.9 Å². The standard InChI is InChI=1S/C6H14N4O2.C6H13NO2.C5H9NO4.C3H7NO2/c7-4(5(11)12)2-1-3-10-6(8)9;1-4(2)3-5(7)6(8)9;6-3(5(9)10)1-2-4(7)8;1-2(4)3(5)6/h4H,1-3,7H2,(H,11,12)(H4,8,9,10);4-5H,3,7H2,1-2H3,(H,8,9);3H,1-2,6H2,(H,7,8)(H,9,10);2H,4H2,1H3,(H,5,6). The molecule has 17 nitrogen and oxygen atoms in total. The van der Waals surface area contributed by atoms with Gasteiger partial charge in [0.2, 0.25) is 0 Å². The topological polar surface area (TPSA) is 355 Å². The van der Waals surface area contributed by atoms with Gasteiger partial charge in [-0.15, -0.1) is 0 Å². The van der Waals surface area contributed by atoms with E-state index >= 15 is 0 Å². The van der Waals surface area contributed by atoms with Crippen LogP contribution in [0, 0.1) is 5.92 Å². The minimum atomic E-state index is -1.17. The van der Waals surface area contributed by atoms with E-state index in [1.54, 1.807) is 0 Å². The summed E-state index contributed by atoms with van der Waals surface area (Å²) in [6, 6.07) is -3.30. The van der Waals surface area contributed by atoms with Crippen LogP contribution in [0.25, 0.3) is 0 Å². The van der Waals surface area contributed by atoms with E-state index in [0.717, 1.165) is 0 Å². The van der Waals surface area contributed by atoms with E-state index in [9.17, 15) is 24.0 Å². The lowest BCUT2D eigenvalue weighted by atomic mass is 10.1. The summed E-state index contributed by atoms with van der Waals surface area (Å²) in [4.78, 5) is 53.5. The Hall–Kier alpha value is -3.54. The highest BCUT2D eigenvalue weighted by Gasteiger charge is 2.13. The minimum Gasteiger partial charge on any atom is -0.481 e. The smallest absolute Gasteiger partial charge is 0.320 e. The average molecular weight is 542 g/mol. The number of aliphatic carboxylic acids is 5. The summed E-state index contributed by atoms with van der Waals surface area (Å²) in [7, 11) is 0. The van der Waals surface area contributed by atoms with Gasteiger partial charge >= 0.3 is 29.8 Å². The molecular weight excluding hydrogens is 498 g/mol. The minimum absolute atomic E-state index is 0.0129. The van der Waals surface area contributed by atoms with Crippen molar-refractivity contribution in [2.45, 2.75) is 77.0 Å². The maximum absolute atomic E-state index is 10.2. The zero-order valence-corrected chi connectivity index (χ0v) is 21.3. The molecule has 0 aliphatic heterocycles. The van der Waals surface area contributed by atoms with Crippen molar-refractivity contribution in [3.63, 3.8) is 0 Å². The Balaban J connectivity index is -0.000000201. The van der Waals surface area contributed by atoms with Gasteiger partial charge in [0.15, 0.2) is 5.96 Å². The molecule has 0 aliphatic rings. The Morgan fingerprint density at radius 3 is 1.30 bits per heavy atom. The molecule has 0 saturated carbocycles. The van der Waals surface area contributed by atoms with Gasteiger partial charge in [-0.05, 0) is 38.5 Å². The lowest BCUT2D eigenvalue weighted by Gasteiger charge is -2.07. The van der Waals surface area contributed by atoms with E-state index in [-0.39, 0.29) is 18.8 Å². The van der Waals surface area contributed by atoms with E-state index in [1.807, 2.05) is 13.8 Å². The lowest BCUT2D eigenvalue weighted by molar-refractivity contribution is -0.141. The summed E-state index contributed by atoms with van der Waals surface area (Å²) >= 11 is 0. The number of nitrogens with zero attached hydrogens (tertiary/aromatic N) is 1. The molecule has 0 bridgehead atoms. The van der Waals surface area contributed by atoms with Crippen molar-refractivity contribution in [1.29, 1.82) is 0 Å². The van der Waals surface area contributed by atoms with Crippen LogP contribution >= 0.6 is 0 Å². The number of carboxylic acid groups (broad SMARTS) is 5. The van der Waals surface area contributed by atoms with Crippen molar-refractivity contribution >= 4 is 35.8 Å². The first-order valence-corrected chi connectivity index (χ1v) is 11.0. The van der Waals surface area contributed by atoms with Crippen molar-refractivity contribution in [3.05, 3.63) is 0 Å². The molecular formula is C20H43N7O10. The predicted octanol–water partition coefficient (Wildman–Crippen LogP) is -2.42. The number of rotatable bonds is 13. The third-order valence-corrected chi connectivity index (χ3v) is 3.70. The molecule has 0 fully saturated rings. The van der Waals surface area contributed by atoms with Gasteiger partial charge in [-0.25, -0.2) is 0 Å². The maximum Gasteiger partial charge on any atom is 0.320 e. The second kappa shape index (κ2) is 24.2. The van der Waals surface area contributed by atoms with Crippen LogP contribution in [0.1, 0.15) is 52.9 Å². The number of nitrogens with two attached hydrogens (primary N) is 6. The van der Waals surface area contributed by atoms with Crippen molar-refractivity contribution in [2.75, 3.05) is 6.54 Å². The molecule has 0 aromatic rings. The van der Waals surface area contributed by atoms with Crippen molar-refractivity contribution in [2.24, 2.45) is 45.3 Å². The second-order valence-corrected chi connectivity index (χ2v) is 7.97. The lowest BCUT2D eigenvalue weighted by Crippen LogP contribution is -2.31. The van der Waals surface area contributed by atoms with Crippen LogP contribution in [-0.2, 0) is 24.0 Å². The first kappa shape index (κ1) is 40.6. The van der Waals surface area contributed by atoms with Gasteiger partial charge in [-0.3, -0.25) is 29.0 Å². The maximum atomic E-state index is 10.2. The zero-order chi connectivity index (χ0) is 30.3. The molecule has 0 aliphatic carbocycles. The summed E-state index contributed by atoms with van der Waals surface area (Å²) in [5.41, 5.74) is 30.4. The van der Waals surface area contributed by atoms with Gasteiger partial charge in [-0.1, -0.05) is 13.8 Å². The summed E-state index contributed by atoms with van der Waals surface area (Å²) in [6.07, 6.45) is 1.28. The Morgan fingerprint density at radius 1 is 0.676 bits per heavy atom. The van der Waals surface area contributed by atoms with Crippen LogP contribution in [0.4, 0.5) is 0 Å². The molecule has 0 spiro atoms. The molecule has 0 heterocycles. The number of hydrogen-bond acceptors (Lipinski definition) is 10. The normalized spacial score (nSPS) is 12.9. The Labute approximate surface area is 214 Å². The molecule has 17 heteroatoms. The molecule has 0 aromatic carbocycles. The van der Waals surface area contributed by atoms with E-state index in [0.29, 0.717) is 31.7 Å². The fraction of sp³-hybridized carbons (Fsp3) is 0.700. The summed E-state index contributed by atoms with van der Waals surface area (Å²) < 4.78 is 0. The van der Waals surface area contributed by atoms with E-state index < -0.39 is 54.0 Å². The fourth-order valence-electron chi connectivity index (χ4n) is 1.65. The van der Waals surface area contributed by atoms with Crippen LogP contribution in [0.15, 0.2) is 4.99 Å². The van der Waals surface area contributed by atoms with Crippen LogP contribution < -0.4 is 34.4 Å². The molecule has 0 radical (unpaired) electrons. The molecule has 0 aromatic heterocycles. The summed E-state index contributed by atoms with van der Waals surface area (Å²) in [5.74, 6) is -4.70. The molecule has 4 unspecified atom stereocenters. The van der Waals surface area contributed by atoms with Crippen molar-refractivity contribution in [3.8, 4) is 0 Å². The van der Waals surface area contributed by atoms with Crippen LogP contribution in [0.3, 0.4) is 0 Å². The summed E-state index contributed by atoms with van der Waals surface area (Å²) in [6.45, 7) is 5.73. The first-order chi connectivity index (χ1) is 16.8. The highest BCUT2D eigenvalue weighted by atomic mass is 16.4. The molecule has 218 valence electrons. The van der Waals surface area contributed by atoms with Gasteiger partial charge in [0.1, 0.15) is 24.2 Å². The number of aliphatic imine (C=N–C) groups is 1. The summed E-state index contributed by atoms with van der Waals surface area (Å²) in [5, 5.41) is 40.8. The monoisotopic (exact) mass is 541 g/mol. The number of carboxylic acids is 5. The van der Waals surface area contributed by atoms with Gasteiger partial charge in [-0.2, -0.15) is 0 Å². The molecule has 37 heavy (non-hydrogen) atoms. The highest BCUT2D eigenvalue weighted by molar-refractivity contribution is 5.76. The molecule has 17 N–H and O–H groups in total. The molecule has 0 rings (SSSR count). The van der Waals surface area contributed by atoms with Crippen LogP contribution in [-0.4, -0.2) is 92.1 Å². The zero-order valence-electron chi connectivity index (χ0n) is 21.3. The number of guanidine groups is 1. The first-order valence-electron chi connectivity index (χ1n) is 11.0. The van der Waals surface area contributed by atoms with Crippen LogP contribution in [0.2, 0.25) is 0 Å². The van der Waals surface area contributed by atoms with Crippen molar-refractivity contribution < 1.29 is 49.5 Å². The third kappa shape index (κ3) is 37.2. The average Bonchev–Trinajstić information content (AvgIpc) is 2.75. The largest absolute Gasteiger partial charge is 0.481 e. The predicted molar refractivity (Wildman–Crippen MR) is 134 cm³/mol. The highest BCUT2D eigenvalue weighted by Crippen LogP contribution is 2.01. The third-order valence-electron chi connectivity index (χ3n) is 3.70. The Morgan fingerprint density at radius 2 is 1.05 bits per heavy atom. The van der Waals surface area contributed by atoms with Gasteiger partial charge in [0.25, 0.3) is 0 Å². The van der Waals surface area contributed by atoms with Crippen molar-refractivity contribution in [1.82, 2.24) is 0 Å². The van der Waals surface area contributed by atoms with E-state index in [4.69, 9.17) is 59.9 Å². The van der Waals surface area contributed by atoms with Gasteiger partial charge in [0, 0.05) is 13.0 Å². The second-order valence-electron chi connectivity index (χ2n) is 7.97. The Kier molecular flexibility index (Phi) is 26.5. The molecule has 0 amide bonds. The number of hydrogen-bond donors (Lipinski definition) is 11. The number of carbonyl (C=O) groups is 5. The Bertz CT molecular complexity index is 714. The molecule has 4 atom stereocenters. The SMILES string of the molecule is CC(C)CC(N)C(=O)O.CC(N)C(=O)O.NC(CCC(=O)O)C(=O)O.NC(N)=NCCCC(N)C(=O)O. The van der Waals surface area contributed by atoms with Crippen LogP contribution in [0.5, 0.6) is 0 Å². The molecule has 0 saturated heterocycles. The fourth-order valence-corrected chi connectivity index (χ4v) is 1.65. The quantitative estimate of drug-likeness (QED) is 0.0655. The van der Waals surface area contributed by atoms with E-state index in [2.05, 4.69) is 4.99 Å². The van der Waals surface area contributed by atoms with E-state index in [1.165, 1.54) is 6.92 Å². The van der Waals surface area contributed by atoms with Gasteiger partial charge in [0.05, 0.1) is 0 Å².